The van der Waals surface area contributed by atoms with Gasteiger partial charge in [-0.15, -0.1) is 0 Å². The molecule has 1 saturated heterocycles. The summed E-state index contributed by atoms with van der Waals surface area (Å²) in [5.74, 6) is -0.774. The zero-order valence-electron chi connectivity index (χ0n) is 17.7. The van der Waals surface area contributed by atoms with Crippen LogP contribution in [0.2, 0.25) is 15.1 Å². The number of aliphatic imine (C=N–C) groups is 1. The second-order valence-corrected chi connectivity index (χ2v) is 9.92. The first-order chi connectivity index (χ1) is 16.2. The number of nitrogens with zero attached hydrogens (tertiary/aromatic N) is 3. The molecule has 1 aliphatic rings. The van der Waals surface area contributed by atoms with Crippen LogP contribution in [0.1, 0.15) is 0 Å². The van der Waals surface area contributed by atoms with E-state index in [1.165, 1.54) is 12.1 Å². The zero-order valence-corrected chi connectivity index (χ0v) is 20.8. The molecule has 0 saturated carbocycles. The molecule has 10 nitrogen and oxygen atoms in total. The standard InChI is InChI=1S/C20H21Cl3N6O4S/c21-13-2-1-3-15(17(13)23)27-20(25-12-24)28-16-5-4-14(22)19(18(16)30)34(31,32)26-6-7-29-8-10-33-11-9-29/h1-5,26,30H,6-11H2,(H2,25,27,28). The van der Waals surface area contributed by atoms with E-state index in [1.54, 1.807) is 24.4 Å². The van der Waals surface area contributed by atoms with Crippen molar-refractivity contribution in [1.82, 2.24) is 14.9 Å². The van der Waals surface area contributed by atoms with Crippen LogP contribution in [0, 0.1) is 11.5 Å². The molecule has 1 heterocycles. The number of hydrogen-bond donors (Lipinski definition) is 4. The molecule has 182 valence electrons. The van der Waals surface area contributed by atoms with Crippen LogP contribution in [0.5, 0.6) is 5.75 Å². The Kier molecular flexibility index (Phi) is 9.21. The first-order valence-electron chi connectivity index (χ1n) is 9.99. The Morgan fingerprint density at radius 3 is 2.62 bits per heavy atom. The lowest BCUT2D eigenvalue weighted by Gasteiger charge is -2.26. The Hall–Kier alpha value is -2.30. The smallest absolute Gasteiger partial charge is 0.245 e. The summed E-state index contributed by atoms with van der Waals surface area (Å²) in [5.41, 5.74) is 0.183. The second kappa shape index (κ2) is 11.9. The quantitative estimate of drug-likeness (QED) is 0.136. The third-order valence-electron chi connectivity index (χ3n) is 4.77. The number of sulfonamides is 1. The van der Waals surface area contributed by atoms with Gasteiger partial charge in [0.25, 0.3) is 0 Å². The minimum atomic E-state index is -4.16. The number of halogens is 3. The lowest BCUT2D eigenvalue weighted by molar-refractivity contribution is 0.0390. The molecular weight excluding hydrogens is 527 g/mol. The van der Waals surface area contributed by atoms with Gasteiger partial charge in [0, 0.05) is 26.2 Å². The Bertz CT molecular complexity index is 1210. The van der Waals surface area contributed by atoms with Gasteiger partial charge in [0.15, 0.2) is 11.9 Å². The Morgan fingerprint density at radius 1 is 1.18 bits per heavy atom. The lowest BCUT2D eigenvalue weighted by Crippen LogP contribution is -2.41. The maximum absolute atomic E-state index is 12.9. The first-order valence-corrected chi connectivity index (χ1v) is 12.6. The number of ether oxygens (including phenoxy) is 1. The molecule has 0 spiro atoms. The first kappa shape index (κ1) is 26.3. The van der Waals surface area contributed by atoms with E-state index >= 15 is 0 Å². The van der Waals surface area contributed by atoms with Crippen molar-refractivity contribution in [2.24, 2.45) is 4.99 Å². The third-order valence-corrected chi connectivity index (χ3v) is 7.54. The number of hydrogen-bond acceptors (Lipinski definition) is 7. The van der Waals surface area contributed by atoms with E-state index in [0.717, 1.165) is 0 Å². The van der Waals surface area contributed by atoms with Crippen LogP contribution in [0.4, 0.5) is 11.4 Å². The highest BCUT2D eigenvalue weighted by atomic mass is 35.5. The second-order valence-electron chi connectivity index (χ2n) is 7.02. The van der Waals surface area contributed by atoms with Crippen LogP contribution in [0.15, 0.2) is 40.2 Å². The summed E-state index contributed by atoms with van der Waals surface area (Å²) >= 11 is 18.2. The molecule has 0 aliphatic carbocycles. The molecular formula is C20H21Cl3N6O4S. The van der Waals surface area contributed by atoms with Gasteiger partial charge in [0.1, 0.15) is 4.90 Å². The van der Waals surface area contributed by atoms with Crippen molar-refractivity contribution < 1.29 is 18.3 Å². The molecule has 0 atom stereocenters. The number of rotatable bonds is 7. The van der Waals surface area contributed by atoms with E-state index < -0.39 is 20.7 Å². The number of benzene rings is 2. The van der Waals surface area contributed by atoms with E-state index in [0.29, 0.717) is 32.8 Å². The van der Waals surface area contributed by atoms with Crippen molar-refractivity contribution in [2.45, 2.75) is 4.90 Å². The highest BCUT2D eigenvalue weighted by Crippen LogP contribution is 2.37. The summed E-state index contributed by atoms with van der Waals surface area (Å²) in [5, 5.41) is 25.0. The Morgan fingerprint density at radius 2 is 1.91 bits per heavy atom. The van der Waals surface area contributed by atoms with E-state index in [-0.39, 0.29) is 38.9 Å². The molecule has 34 heavy (non-hydrogen) atoms. The number of phenols is 1. The molecule has 0 amide bonds. The molecule has 1 aliphatic heterocycles. The number of nitrogens with one attached hydrogen (secondary N) is 3. The van der Waals surface area contributed by atoms with Gasteiger partial charge in [-0.2, -0.15) is 5.26 Å². The number of guanidine groups is 1. The van der Waals surface area contributed by atoms with Crippen molar-refractivity contribution in [2.75, 3.05) is 44.7 Å². The molecule has 0 radical (unpaired) electrons. The van der Waals surface area contributed by atoms with Gasteiger partial charge in [-0.1, -0.05) is 40.9 Å². The third kappa shape index (κ3) is 6.64. The largest absolute Gasteiger partial charge is 0.504 e. The van der Waals surface area contributed by atoms with Crippen LogP contribution in [-0.4, -0.2) is 63.8 Å². The van der Waals surface area contributed by atoms with Crippen LogP contribution >= 0.6 is 34.8 Å². The van der Waals surface area contributed by atoms with Gasteiger partial charge in [0.05, 0.1) is 39.7 Å². The number of morpholine rings is 1. The van der Waals surface area contributed by atoms with Gasteiger partial charge in [0.2, 0.25) is 16.0 Å². The average Bonchev–Trinajstić information content (AvgIpc) is 2.79. The molecule has 0 aromatic heterocycles. The maximum atomic E-state index is 12.9. The molecule has 14 heteroatoms. The SMILES string of the molecule is N#CNC(=Nc1cccc(Cl)c1Cl)Nc1ccc(Cl)c(S(=O)(=O)NCCN2CCOCC2)c1O. The highest BCUT2D eigenvalue weighted by Gasteiger charge is 2.25. The summed E-state index contributed by atoms with van der Waals surface area (Å²) < 4.78 is 33.5. The molecule has 1 fully saturated rings. The molecule has 3 rings (SSSR count). The number of aromatic hydroxyl groups is 1. The van der Waals surface area contributed by atoms with E-state index in [1.807, 2.05) is 0 Å². The van der Waals surface area contributed by atoms with E-state index in [9.17, 15) is 13.5 Å². The van der Waals surface area contributed by atoms with Gasteiger partial charge in [-0.05, 0) is 24.3 Å². The summed E-state index contributed by atoms with van der Waals surface area (Å²) in [6, 6.07) is 7.39. The summed E-state index contributed by atoms with van der Waals surface area (Å²) in [4.78, 5) is 5.75. The van der Waals surface area contributed by atoms with Crippen LogP contribution in [0.3, 0.4) is 0 Å². The highest BCUT2D eigenvalue weighted by molar-refractivity contribution is 7.89. The summed E-state index contributed by atoms with van der Waals surface area (Å²) in [6.07, 6.45) is 1.71. The van der Waals surface area contributed by atoms with Crippen molar-refractivity contribution in [3.8, 4) is 11.9 Å². The number of anilines is 1. The van der Waals surface area contributed by atoms with Crippen molar-refractivity contribution in [3.63, 3.8) is 0 Å². The monoisotopic (exact) mass is 546 g/mol. The summed E-state index contributed by atoms with van der Waals surface area (Å²) in [6.45, 7) is 3.19. The molecule has 2 aromatic carbocycles. The van der Waals surface area contributed by atoms with Crippen LogP contribution in [0.25, 0.3) is 0 Å². The summed E-state index contributed by atoms with van der Waals surface area (Å²) in [7, 11) is -4.16. The maximum Gasteiger partial charge on any atom is 0.245 e. The number of nitriles is 1. The van der Waals surface area contributed by atoms with Gasteiger partial charge >= 0.3 is 0 Å². The van der Waals surface area contributed by atoms with Gasteiger partial charge in [-0.25, -0.2) is 18.1 Å². The zero-order chi connectivity index (χ0) is 24.7. The minimum absolute atomic E-state index is 0.0578. The Balaban J connectivity index is 1.83. The van der Waals surface area contributed by atoms with E-state index in [4.69, 9.17) is 44.8 Å². The van der Waals surface area contributed by atoms with Crippen molar-refractivity contribution in [1.29, 1.82) is 5.26 Å². The van der Waals surface area contributed by atoms with Gasteiger partial charge < -0.3 is 15.2 Å². The predicted octanol–water partition coefficient (Wildman–Crippen LogP) is 3.13. The van der Waals surface area contributed by atoms with E-state index in [2.05, 4.69) is 25.2 Å². The Labute approximate surface area is 212 Å². The predicted molar refractivity (Wildman–Crippen MR) is 131 cm³/mol. The van der Waals surface area contributed by atoms with Crippen molar-refractivity contribution in [3.05, 3.63) is 45.4 Å². The van der Waals surface area contributed by atoms with Gasteiger partial charge in [-0.3, -0.25) is 10.2 Å². The fourth-order valence-electron chi connectivity index (χ4n) is 3.10. The molecule has 4 N–H and O–H groups in total. The fourth-order valence-corrected chi connectivity index (χ4v) is 5.09. The average molecular weight is 548 g/mol. The minimum Gasteiger partial charge on any atom is -0.504 e. The fraction of sp³-hybridized carbons (Fsp3) is 0.300. The van der Waals surface area contributed by atoms with Crippen molar-refractivity contribution >= 4 is 62.2 Å². The number of phenolic OH excluding ortho intramolecular Hbond substituents is 1. The molecule has 0 bridgehead atoms. The van der Waals surface area contributed by atoms with Crippen LogP contribution < -0.4 is 15.4 Å². The van der Waals surface area contributed by atoms with Crippen LogP contribution in [-0.2, 0) is 14.8 Å². The topological polar surface area (TPSA) is 139 Å². The molecule has 0 unspecified atom stereocenters. The molecule has 2 aromatic rings. The lowest BCUT2D eigenvalue weighted by atomic mass is 10.3. The normalized spacial score (nSPS) is 15.1.